The van der Waals surface area contributed by atoms with Crippen LogP contribution in [-0.2, 0) is 0 Å². The fourth-order valence-corrected chi connectivity index (χ4v) is 1.45. The topological polar surface area (TPSA) is 70.5 Å². The summed E-state index contributed by atoms with van der Waals surface area (Å²) < 4.78 is 10.8. The normalized spacial score (nSPS) is 9.94. The molecule has 0 bridgehead atoms. The summed E-state index contributed by atoms with van der Waals surface area (Å²) in [6, 6.07) is 12.5. The number of methoxy groups -OCH3 is 1. The molecule has 4 heteroatoms. The zero-order chi connectivity index (χ0) is 12.3. The minimum atomic E-state index is 0.507. The van der Waals surface area contributed by atoms with E-state index in [0.717, 1.165) is 5.75 Å². The van der Waals surface area contributed by atoms with E-state index in [1.165, 1.54) is 0 Å². The summed E-state index contributed by atoms with van der Waals surface area (Å²) in [6.07, 6.45) is 0. The highest BCUT2D eigenvalue weighted by Gasteiger charge is 2.03. The largest absolute Gasteiger partial charge is 0.497 e. The summed E-state index contributed by atoms with van der Waals surface area (Å²) >= 11 is 0. The molecule has 0 aromatic heterocycles. The molecule has 0 atom stereocenters. The number of nitrogens with two attached hydrogens (primary N) is 2. The average Bonchev–Trinajstić information content (AvgIpc) is 2.33. The van der Waals surface area contributed by atoms with Crippen LogP contribution in [0, 0.1) is 0 Å². The standard InChI is InChI=1S/C13H14N2O2/c1-16-10-3-2-4-11(8-10)17-13-6-5-9(14)7-12(13)15/h2-8H,14-15H2,1H3. The molecule has 0 unspecified atom stereocenters. The van der Waals surface area contributed by atoms with Crippen molar-refractivity contribution in [1.29, 1.82) is 0 Å². The van der Waals surface area contributed by atoms with Gasteiger partial charge in [-0.3, -0.25) is 0 Å². The summed E-state index contributed by atoms with van der Waals surface area (Å²) in [6.45, 7) is 0. The van der Waals surface area contributed by atoms with Crippen LogP contribution in [0.2, 0.25) is 0 Å². The van der Waals surface area contributed by atoms with Gasteiger partial charge < -0.3 is 20.9 Å². The molecule has 0 fully saturated rings. The highest BCUT2D eigenvalue weighted by molar-refractivity contribution is 5.61. The zero-order valence-corrected chi connectivity index (χ0v) is 9.51. The molecule has 2 aromatic carbocycles. The Morgan fingerprint density at radius 3 is 2.41 bits per heavy atom. The highest BCUT2D eigenvalue weighted by Crippen LogP contribution is 2.30. The van der Waals surface area contributed by atoms with Crippen LogP contribution < -0.4 is 20.9 Å². The molecule has 0 aliphatic carbocycles. The van der Waals surface area contributed by atoms with Crippen LogP contribution in [0.25, 0.3) is 0 Å². The summed E-state index contributed by atoms with van der Waals surface area (Å²) in [4.78, 5) is 0. The van der Waals surface area contributed by atoms with Crippen LogP contribution in [0.1, 0.15) is 0 Å². The fraction of sp³-hybridized carbons (Fsp3) is 0.0769. The Morgan fingerprint density at radius 1 is 0.941 bits per heavy atom. The van der Waals surface area contributed by atoms with Gasteiger partial charge in [-0.05, 0) is 30.3 Å². The Hall–Kier alpha value is -2.36. The molecule has 0 heterocycles. The summed E-state index contributed by atoms with van der Waals surface area (Å²) in [5.41, 5.74) is 12.5. The number of benzene rings is 2. The molecule has 0 radical (unpaired) electrons. The lowest BCUT2D eigenvalue weighted by atomic mass is 10.2. The van der Waals surface area contributed by atoms with Gasteiger partial charge in [0.15, 0.2) is 0 Å². The van der Waals surface area contributed by atoms with Gasteiger partial charge in [-0.15, -0.1) is 0 Å². The third-order valence-corrected chi connectivity index (χ3v) is 2.30. The summed E-state index contributed by atoms with van der Waals surface area (Å²) in [7, 11) is 1.61. The molecule has 2 aromatic rings. The lowest BCUT2D eigenvalue weighted by molar-refractivity contribution is 0.409. The maximum atomic E-state index is 5.80. The Kier molecular flexibility index (Phi) is 3.05. The average molecular weight is 230 g/mol. The second-order valence-corrected chi connectivity index (χ2v) is 3.58. The number of anilines is 2. The molecule has 4 N–H and O–H groups in total. The number of hydrogen-bond acceptors (Lipinski definition) is 4. The zero-order valence-electron chi connectivity index (χ0n) is 9.51. The number of hydrogen-bond donors (Lipinski definition) is 2. The van der Waals surface area contributed by atoms with E-state index in [1.807, 2.05) is 18.2 Å². The number of nitrogen functional groups attached to an aromatic ring is 2. The first-order valence-electron chi connectivity index (χ1n) is 5.16. The van der Waals surface area contributed by atoms with Crippen molar-refractivity contribution in [2.24, 2.45) is 0 Å². The number of rotatable bonds is 3. The van der Waals surface area contributed by atoms with E-state index in [4.69, 9.17) is 20.9 Å². The molecule has 0 spiro atoms. The van der Waals surface area contributed by atoms with Crippen molar-refractivity contribution >= 4 is 11.4 Å². The van der Waals surface area contributed by atoms with Crippen molar-refractivity contribution in [3.63, 3.8) is 0 Å². The second kappa shape index (κ2) is 4.65. The Balaban J connectivity index is 2.25. The van der Waals surface area contributed by atoms with Gasteiger partial charge in [-0.2, -0.15) is 0 Å². The predicted molar refractivity (Wildman–Crippen MR) is 68.3 cm³/mol. The summed E-state index contributed by atoms with van der Waals surface area (Å²) in [5.74, 6) is 1.98. The molecule has 88 valence electrons. The third-order valence-electron chi connectivity index (χ3n) is 2.30. The first-order chi connectivity index (χ1) is 8.19. The van der Waals surface area contributed by atoms with Crippen molar-refractivity contribution in [1.82, 2.24) is 0 Å². The van der Waals surface area contributed by atoms with Gasteiger partial charge >= 0.3 is 0 Å². The first kappa shape index (κ1) is 11.1. The summed E-state index contributed by atoms with van der Waals surface area (Å²) in [5, 5.41) is 0. The lowest BCUT2D eigenvalue weighted by Crippen LogP contribution is -1.94. The van der Waals surface area contributed by atoms with E-state index >= 15 is 0 Å². The molecule has 0 saturated heterocycles. The molecule has 0 aliphatic rings. The maximum Gasteiger partial charge on any atom is 0.150 e. The Bertz CT molecular complexity index is 527. The molecule has 4 nitrogen and oxygen atoms in total. The van der Waals surface area contributed by atoms with Crippen molar-refractivity contribution < 1.29 is 9.47 Å². The van der Waals surface area contributed by atoms with Gasteiger partial charge in [0.25, 0.3) is 0 Å². The maximum absolute atomic E-state index is 5.80. The van der Waals surface area contributed by atoms with Gasteiger partial charge in [-0.1, -0.05) is 6.07 Å². The minimum absolute atomic E-state index is 0.507. The molecule has 0 amide bonds. The predicted octanol–water partition coefficient (Wildman–Crippen LogP) is 2.65. The number of ether oxygens (including phenoxy) is 2. The van der Waals surface area contributed by atoms with Crippen LogP contribution in [0.3, 0.4) is 0 Å². The van der Waals surface area contributed by atoms with Crippen LogP contribution in [0.5, 0.6) is 17.2 Å². The lowest BCUT2D eigenvalue weighted by Gasteiger charge is -2.09. The Morgan fingerprint density at radius 2 is 1.71 bits per heavy atom. The molecule has 2 rings (SSSR count). The van der Waals surface area contributed by atoms with E-state index in [-0.39, 0.29) is 0 Å². The molecule has 0 saturated carbocycles. The molecule has 17 heavy (non-hydrogen) atoms. The Labute approximate surface area is 99.8 Å². The van der Waals surface area contributed by atoms with E-state index in [9.17, 15) is 0 Å². The van der Waals surface area contributed by atoms with E-state index in [1.54, 1.807) is 31.4 Å². The van der Waals surface area contributed by atoms with E-state index in [0.29, 0.717) is 22.9 Å². The van der Waals surface area contributed by atoms with Crippen LogP contribution in [-0.4, -0.2) is 7.11 Å². The fourth-order valence-electron chi connectivity index (χ4n) is 1.45. The van der Waals surface area contributed by atoms with Crippen LogP contribution >= 0.6 is 0 Å². The van der Waals surface area contributed by atoms with Crippen molar-refractivity contribution in [3.05, 3.63) is 42.5 Å². The SMILES string of the molecule is COc1cccc(Oc2ccc(N)cc2N)c1. The van der Waals surface area contributed by atoms with Crippen molar-refractivity contribution in [3.8, 4) is 17.2 Å². The first-order valence-corrected chi connectivity index (χ1v) is 5.16. The molecule has 0 aliphatic heterocycles. The quantitative estimate of drug-likeness (QED) is 0.795. The smallest absolute Gasteiger partial charge is 0.150 e. The molecular weight excluding hydrogens is 216 g/mol. The highest BCUT2D eigenvalue weighted by atomic mass is 16.5. The van der Waals surface area contributed by atoms with E-state index < -0.39 is 0 Å². The second-order valence-electron chi connectivity index (χ2n) is 3.58. The van der Waals surface area contributed by atoms with Crippen LogP contribution in [0.15, 0.2) is 42.5 Å². The van der Waals surface area contributed by atoms with Gasteiger partial charge in [0, 0.05) is 11.8 Å². The minimum Gasteiger partial charge on any atom is -0.497 e. The monoisotopic (exact) mass is 230 g/mol. The third kappa shape index (κ3) is 2.60. The van der Waals surface area contributed by atoms with E-state index in [2.05, 4.69) is 0 Å². The van der Waals surface area contributed by atoms with Gasteiger partial charge in [0.05, 0.1) is 12.8 Å². The molecular formula is C13H14N2O2. The van der Waals surface area contributed by atoms with Gasteiger partial charge in [-0.25, -0.2) is 0 Å². The van der Waals surface area contributed by atoms with Crippen molar-refractivity contribution in [2.75, 3.05) is 18.6 Å². The van der Waals surface area contributed by atoms with Crippen molar-refractivity contribution in [2.45, 2.75) is 0 Å². The van der Waals surface area contributed by atoms with Crippen LogP contribution in [0.4, 0.5) is 11.4 Å². The van der Waals surface area contributed by atoms with Gasteiger partial charge in [0.1, 0.15) is 17.2 Å². The van der Waals surface area contributed by atoms with Gasteiger partial charge in [0.2, 0.25) is 0 Å².